The zero-order valence-electron chi connectivity index (χ0n) is 25.8. The third-order valence-corrected chi connectivity index (χ3v) is 6.04. The topological polar surface area (TPSA) is 88.4 Å². The van der Waals surface area contributed by atoms with Crippen molar-refractivity contribution in [2.45, 2.75) is 78.6 Å². The Morgan fingerprint density at radius 1 is 0.410 bits per heavy atom. The first-order chi connectivity index (χ1) is 17.8. The highest BCUT2D eigenvalue weighted by atomic mass is 16.5. The number of rotatable bonds is 3. The molecule has 6 nitrogen and oxygen atoms in total. The molecule has 3 rings (SSSR count). The lowest BCUT2D eigenvalue weighted by Crippen LogP contribution is -2.11. The maximum atomic E-state index is 9.61. The minimum atomic E-state index is -0.0569. The molecule has 0 spiro atoms. The molecule has 0 saturated heterocycles. The molecule has 0 aromatic heterocycles. The van der Waals surface area contributed by atoms with E-state index in [9.17, 15) is 15.3 Å². The van der Waals surface area contributed by atoms with E-state index in [0.29, 0.717) is 17.2 Å². The summed E-state index contributed by atoms with van der Waals surface area (Å²) in [6.07, 6.45) is 0. The number of hydrogen-bond acceptors (Lipinski definition) is 6. The van der Waals surface area contributed by atoms with Crippen molar-refractivity contribution in [1.82, 2.24) is 0 Å². The van der Waals surface area contributed by atoms with Gasteiger partial charge < -0.3 is 29.5 Å². The molecule has 6 heteroatoms. The summed E-state index contributed by atoms with van der Waals surface area (Å²) in [4.78, 5) is 0. The van der Waals surface area contributed by atoms with Crippen LogP contribution in [0, 0.1) is 0 Å². The van der Waals surface area contributed by atoms with E-state index in [4.69, 9.17) is 14.2 Å². The SMILES string of the molecule is COc1ccc(O)c(C(C)(C)C)c1.COc1ccc(O)c(C(C)(C)C)c1.COc1ccc(O)c(C(C)(C)C)c1. The van der Waals surface area contributed by atoms with E-state index in [1.54, 1.807) is 57.7 Å². The zero-order chi connectivity index (χ0) is 30.2. The highest BCUT2D eigenvalue weighted by Crippen LogP contribution is 2.35. The zero-order valence-corrected chi connectivity index (χ0v) is 25.8. The molecule has 3 N–H and O–H groups in total. The van der Waals surface area contributed by atoms with Crippen LogP contribution in [0.3, 0.4) is 0 Å². The summed E-state index contributed by atoms with van der Waals surface area (Å²) in [7, 11) is 4.87. The fourth-order valence-electron chi connectivity index (χ4n) is 3.73. The lowest BCUT2D eigenvalue weighted by molar-refractivity contribution is 0.405. The van der Waals surface area contributed by atoms with Gasteiger partial charge in [-0.15, -0.1) is 0 Å². The Balaban J connectivity index is 0.000000292. The number of benzene rings is 3. The Bertz CT molecular complexity index is 1040. The normalized spacial score (nSPS) is 11.4. The second-order valence-electron chi connectivity index (χ2n) is 12.4. The summed E-state index contributed by atoms with van der Waals surface area (Å²) in [6.45, 7) is 18.5. The molecule has 0 heterocycles. The Labute approximate surface area is 235 Å². The predicted octanol–water partition coefficient (Wildman–Crippen LogP) is 8.09. The monoisotopic (exact) mass is 540 g/mol. The Morgan fingerprint density at radius 2 is 0.615 bits per heavy atom. The van der Waals surface area contributed by atoms with Crippen LogP contribution in [0.4, 0.5) is 0 Å². The van der Waals surface area contributed by atoms with Crippen molar-refractivity contribution < 1.29 is 29.5 Å². The summed E-state index contributed by atoms with van der Waals surface area (Å²) in [5.41, 5.74) is 2.56. The highest BCUT2D eigenvalue weighted by Gasteiger charge is 2.20. The van der Waals surface area contributed by atoms with E-state index in [1.807, 2.05) is 18.2 Å². The van der Waals surface area contributed by atoms with Crippen molar-refractivity contribution >= 4 is 0 Å². The lowest BCUT2D eigenvalue weighted by atomic mass is 9.86. The van der Waals surface area contributed by atoms with Crippen molar-refractivity contribution in [3.8, 4) is 34.5 Å². The van der Waals surface area contributed by atoms with E-state index < -0.39 is 0 Å². The van der Waals surface area contributed by atoms with Gasteiger partial charge in [0.15, 0.2) is 0 Å². The molecule has 0 aliphatic rings. The first-order valence-corrected chi connectivity index (χ1v) is 13.0. The van der Waals surface area contributed by atoms with Gasteiger partial charge in [0, 0.05) is 16.7 Å². The molecule has 0 fully saturated rings. The summed E-state index contributed by atoms with van der Waals surface area (Å²) in [5, 5.41) is 28.8. The molecule has 3 aromatic rings. The molecule has 0 radical (unpaired) electrons. The van der Waals surface area contributed by atoms with Crippen LogP contribution in [-0.2, 0) is 16.2 Å². The van der Waals surface area contributed by atoms with Gasteiger partial charge in [-0.25, -0.2) is 0 Å². The second kappa shape index (κ2) is 13.5. The quantitative estimate of drug-likeness (QED) is 0.311. The lowest BCUT2D eigenvalue weighted by Gasteiger charge is -2.20. The molecule has 0 aliphatic carbocycles. The van der Waals surface area contributed by atoms with Crippen LogP contribution in [-0.4, -0.2) is 36.6 Å². The van der Waals surface area contributed by atoms with E-state index in [2.05, 4.69) is 62.3 Å². The fraction of sp³-hybridized carbons (Fsp3) is 0.455. The molecule has 3 aromatic carbocycles. The summed E-state index contributed by atoms with van der Waals surface area (Å²) >= 11 is 0. The van der Waals surface area contributed by atoms with Crippen LogP contribution in [0.5, 0.6) is 34.5 Å². The maximum absolute atomic E-state index is 9.61. The van der Waals surface area contributed by atoms with Crippen LogP contribution in [0.1, 0.15) is 79.0 Å². The van der Waals surface area contributed by atoms with Gasteiger partial charge in [-0.1, -0.05) is 62.3 Å². The molecule has 0 amide bonds. The molecule has 0 saturated carbocycles. The van der Waals surface area contributed by atoms with Gasteiger partial charge >= 0.3 is 0 Å². The Morgan fingerprint density at radius 3 is 0.769 bits per heavy atom. The average molecular weight is 541 g/mol. The molecule has 39 heavy (non-hydrogen) atoms. The molecule has 216 valence electrons. The van der Waals surface area contributed by atoms with Crippen molar-refractivity contribution in [3.63, 3.8) is 0 Å². The molecule has 0 unspecified atom stereocenters. The smallest absolute Gasteiger partial charge is 0.119 e. The number of phenolic OH excluding ortho intramolecular Hbond substituents is 3. The van der Waals surface area contributed by atoms with Gasteiger partial charge in [0.1, 0.15) is 34.5 Å². The van der Waals surface area contributed by atoms with Crippen LogP contribution in [0.15, 0.2) is 54.6 Å². The Kier molecular flexibility index (Phi) is 11.6. The third-order valence-electron chi connectivity index (χ3n) is 6.04. The van der Waals surface area contributed by atoms with Crippen molar-refractivity contribution in [2.24, 2.45) is 0 Å². The van der Waals surface area contributed by atoms with Gasteiger partial charge in [-0.3, -0.25) is 0 Å². The number of ether oxygens (including phenoxy) is 3. The first kappa shape index (κ1) is 33.5. The predicted molar refractivity (Wildman–Crippen MR) is 160 cm³/mol. The number of methoxy groups -OCH3 is 3. The van der Waals surface area contributed by atoms with Gasteiger partial charge in [0.2, 0.25) is 0 Å². The van der Waals surface area contributed by atoms with Gasteiger partial charge in [0.05, 0.1) is 21.3 Å². The van der Waals surface area contributed by atoms with Gasteiger partial charge in [-0.2, -0.15) is 0 Å². The summed E-state index contributed by atoms with van der Waals surface area (Å²) in [5.74, 6) is 3.32. The van der Waals surface area contributed by atoms with Crippen molar-refractivity contribution in [1.29, 1.82) is 0 Å². The van der Waals surface area contributed by atoms with E-state index in [1.165, 1.54) is 0 Å². The van der Waals surface area contributed by atoms with Crippen molar-refractivity contribution in [3.05, 3.63) is 71.3 Å². The fourth-order valence-corrected chi connectivity index (χ4v) is 3.73. The average Bonchev–Trinajstić information content (AvgIpc) is 2.83. The molecular weight excluding hydrogens is 492 g/mol. The minimum absolute atomic E-state index is 0.0569. The number of aromatic hydroxyl groups is 3. The van der Waals surface area contributed by atoms with Crippen LogP contribution < -0.4 is 14.2 Å². The Hall–Kier alpha value is -3.54. The molecular formula is C33H48O6. The van der Waals surface area contributed by atoms with Crippen LogP contribution in [0.2, 0.25) is 0 Å². The van der Waals surface area contributed by atoms with E-state index >= 15 is 0 Å². The van der Waals surface area contributed by atoms with E-state index in [0.717, 1.165) is 33.9 Å². The molecule has 0 bridgehead atoms. The largest absolute Gasteiger partial charge is 0.508 e. The maximum Gasteiger partial charge on any atom is 0.119 e. The summed E-state index contributed by atoms with van der Waals surface area (Å²) < 4.78 is 15.3. The van der Waals surface area contributed by atoms with Crippen LogP contribution >= 0.6 is 0 Å². The number of hydrogen-bond donors (Lipinski definition) is 3. The summed E-state index contributed by atoms with van der Waals surface area (Å²) in [6, 6.07) is 15.9. The minimum Gasteiger partial charge on any atom is -0.508 e. The third kappa shape index (κ3) is 10.3. The van der Waals surface area contributed by atoms with Gasteiger partial charge in [0.25, 0.3) is 0 Å². The molecule has 0 aliphatic heterocycles. The molecule has 0 atom stereocenters. The standard InChI is InChI=1S/3C11H16O2/c3*1-11(2,3)9-7-8(13-4)5-6-10(9)12/h3*5-7,12H,1-4H3. The van der Waals surface area contributed by atoms with E-state index in [-0.39, 0.29) is 16.2 Å². The second-order valence-corrected chi connectivity index (χ2v) is 12.4. The highest BCUT2D eigenvalue weighted by molar-refractivity contribution is 5.44. The first-order valence-electron chi connectivity index (χ1n) is 13.0. The van der Waals surface area contributed by atoms with Crippen molar-refractivity contribution in [2.75, 3.05) is 21.3 Å². The van der Waals surface area contributed by atoms with Gasteiger partial charge in [-0.05, 0) is 70.8 Å². The van der Waals surface area contributed by atoms with Crippen LogP contribution in [0.25, 0.3) is 0 Å². The number of phenols is 3.